The van der Waals surface area contributed by atoms with Gasteiger partial charge in [0.1, 0.15) is 29.3 Å². The normalized spacial score (nSPS) is 10.5. The smallest absolute Gasteiger partial charge is 0.245 e. The van der Waals surface area contributed by atoms with Gasteiger partial charge in [-0.3, -0.25) is 9.78 Å². The van der Waals surface area contributed by atoms with Crippen molar-refractivity contribution >= 4 is 11.6 Å². The number of nitrogens with one attached hydrogen (secondary N) is 1. The summed E-state index contributed by atoms with van der Waals surface area (Å²) in [5.41, 5.74) is 1.94. The molecule has 2 aromatic heterocycles. The third kappa shape index (κ3) is 4.84. The molecule has 4 rings (SSSR count). The van der Waals surface area contributed by atoms with E-state index >= 15 is 0 Å². The van der Waals surface area contributed by atoms with Crippen molar-refractivity contribution in [1.82, 2.24) is 9.97 Å². The fourth-order valence-corrected chi connectivity index (χ4v) is 2.68. The second kappa shape index (κ2) is 8.35. The molecule has 7 heteroatoms. The van der Waals surface area contributed by atoms with Crippen molar-refractivity contribution in [1.29, 1.82) is 0 Å². The van der Waals surface area contributed by atoms with E-state index in [-0.39, 0.29) is 18.1 Å². The first-order valence-electron chi connectivity index (χ1n) is 8.84. The second-order valence-corrected chi connectivity index (χ2v) is 6.19. The first kappa shape index (κ1) is 18.4. The topological polar surface area (TPSA) is 77.2 Å². The molecular formula is C22H16FN3O3. The van der Waals surface area contributed by atoms with E-state index in [9.17, 15) is 9.18 Å². The lowest BCUT2D eigenvalue weighted by Crippen LogP contribution is -2.14. The van der Waals surface area contributed by atoms with Crippen LogP contribution in [0.15, 0.2) is 83.7 Å². The van der Waals surface area contributed by atoms with Crippen LogP contribution in [-0.2, 0) is 11.2 Å². The van der Waals surface area contributed by atoms with Gasteiger partial charge in [-0.2, -0.15) is 0 Å². The van der Waals surface area contributed by atoms with E-state index < -0.39 is 0 Å². The average Bonchev–Trinajstić information content (AvgIpc) is 3.26. The molecule has 2 aromatic carbocycles. The Morgan fingerprint density at radius 1 is 0.966 bits per heavy atom. The number of rotatable bonds is 6. The largest absolute Gasteiger partial charge is 0.457 e. The number of anilines is 1. The summed E-state index contributed by atoms with van der Waals surface area (Å²) < 4.78 is 24.0. The Morgan fingerprint density at radius 3 is 2.48 bits per heavy atom. The number of benzene rings is 2. The monoisotopic (exact) mass is 389 g/mol. The zero-order valence-electron chi connectivity index (χ0n) is 15.2. The van der Waals surface area contributed by atoms with Gasteiger partial charge < -0.3 is 14.5 Å². The van der Waals surface area contributed by atoms with Gasteiger partial charge in [0.05, 0.1) is 12.6 Å². The van der Waals surface area contributed by atoms with Crippen LogP contribution in [-0.4, -0.2) is 15.9 Å². The summed E-state index contributed by atoms with van der Waals surface area (Å²) in [7, 11) is 0. The molecule has 6 nitrogen and oxygen atoms in total. The van der Waals surface area contributed by atoms with E-state index in [1.165, 1.54) is 18.4 Å². The van der Waals surface area contributed by atoms with Crippen LogP contribution >= 0.6 is 0 Å². The van der Waals surface area contributed by atoms with Crippen molar-refractivity contribution in [3.05, 3.63) is 90.7 Å². The number of hydrogen-bond acceptors (Lipinski definition) is 5. The van der Waals surface area contributed by atoms with Crippen molar-refractivity contribution < 1.29 is 18.3 Å². The zero-order chi connectivity index (χ0) is 20.1. The molecule has 29 heavy (non-hydrogen) atoms. The molecule has 0 unspecified atom stereocenters. The van der Waals surface area contributed by atoms with Gasteiger partial charge in [-0.05, 0) is 48.0 Å². The highest BCUT2D eigenvalue weighted by molar-refractivity contribution is 5.92. The van der Waals surface area contributed by atoms with Gasteiger partial charge in [-0.15, -0.1) is 0 Å². The van der Waals surface area contributed by atoms with E-state index in [2.05, 4.69) is 15.3 Å². The highest BCUT2D eigenvalue weighted by Gasteiger charge is 2.08. The van der Waals surface area contributed by atoms with Crippen LogP contribution < -0.4 is 10.1 Å². The first-order valence-corrected chi connectivity index (χ1v) is 8.84. The first-order chi connectivity index (χ1) is 14.2. The fraction of sp³-hybridized carbons (Fsp3) is 0.0455. The number of halogens is 1. The number of ether oxygens (including phenoxy) is 1. The highest BCUT2D eigenvalue weighted by Crippen LogP contribution is 2.26. The van der Waals surface area contributed by atoms with Gasteiger partial charge in [0.25, 0.3) is 0 Å². The van der Waals surface area contributed by atoms with Crippen molar-refractivity contribution in [2.24, 2.45) is 0 Å². The standard InChI is InChI=1S/C22H16FN3O3/c23-16-3-1-15(2-4-16)13-21(27)26-17-5-7-18(8-6-17)29-19-9-10-24-20(14-19)22-25-11-12-28-22/h1-12,14H,13H2,(H,26,27). The summed E-state index contributed by atoms with van der Waals surface area (Å²) in [5, 5.41) is 2.80. The molecule has 0 fully saturated rings. The van der Waals surface area contributed by atoms with Crippen LogP contribution in [0.2, 0.25) is 0 Å². The van der Waals surface area contributed by atoms with Crippen LogP contribution in [0.4, 0.5) is 10.1 Å². The van der Waals surface area contributed by atoms with Crippen LogP contribution in [0.3, 0.4) is 0 Å². The van der Waals surface area contributed by atoms with E-state index in [0.717, 1.165) is 5.56 Å². The number of oxazole rings is 1. The molecule has 1 amide bonds. The van der Waals surface area contributed by atoms with Crippen molar-refractivity contribution in [2.45, 2.75) is 6.42 Å². The lowest BCUT2D eigenvalue weighted by Gasteiger charge is -2.09. The lowest BCUT2D eigenvalue weighted by molar-refractivity contribution is -0.115. The Morgan fingerprint density at radius 2 is 1.76 bits per heavy atom. The maximum atomic E-state index is 12.9. The Bertz CT molecular complexity index is 1100. The van der Waals surface area contributed by atoms with E-state index in [4.69, 9.17) is 9.15 Å². The molecule has 0 atom stereocenters. The molecule has 2 heterocycles. The molecule has 1 N–H and O–H groups in total. The number of carbonyl (C=O) groups excluding carboxylic acids is 1. The molecule has 0 radical (unpaired) electrons. The summed E-state index contributed by atoms with van der Waals surface area (Å²) in [6.45, 7) is 0. The SMILES string of the molecule is O=C(Cc1ccc(F)cc1)Nc1ccc(Oc2ccnc(-c3ncco3)c2)cc1. The van der Waals surface area contributed by atoms with Gasteiger partial charge >= 0.3 is 0 Å². The summed E-state index contributed by atoms with van der Waals surface area (Å²) in [4.78, 5) is 20.4. The van der Waals surface area contributed by atoms with Crippen LogP contribution in [0, 0.1) is 5.82 Å². The quantitative estimate of drug-likeness (QED) is 0.510. The number of nitrogens with zero attached hydrogens (tertiary/aromatic N) is 2. The van der Waals surface area contributed by atoms with Crippen molar-refractivity contribution in [3.8, 4) is 23.1 Å². The van der Waals surface area contributed by atoms with Gasteiger partial charge in [0.2, 0.25) is 11.8 Å². The average molecular weight is 389 g/mol. The Labute approximate surface area is 166 Å². The number of pyridine rings is 1. The maximum Gasteiger partial charge on any atom is 0.245 e. The molecule has 0 aliphatic heterocycles. The Balaban J connectivity index is 1.37. The van der Waals surface area contributed by atoms with Crippen molar-refractivity contribution in [2.75, 3.05) is 5.32 Å². The predicted octanol–water partition coefficient (Wildman–Crippen LogP) is 4.85. The lowest BCUT2D eigenvalue weighted by atomic mass is 10.1. The third-order valence-corrected chi connectivity index (χ3v) is 4.03. The van der Waals surface area contributed by atoms with Gasteiger partial charge in [0.15, 0.2) is 0 Å². The van der Waals surface area contributed by atoms with Gasteiger partial charge in [0, 0.05) is 18.0 Å². The van der Waals surface area contributed by atoms with E-state index in [1.54, 1.807) is 60.9 Å². The van der Waals surface area contributed by atoms with Crippen LogP contribution in [0.5, 0.6) is 11.5 Å². The predicted molar refractivity (Wildman–Crippen MR) is 105 cm³/mol. The third-order valence-electron chi connectivity index (χ3n) is 4.03. The summed E-state index contributed by atoms with van der Waals surface area (Å²) in [6, 6.07) is 16.3. The number of carbonyl (C=O) groups is 1. The minimum Gasteiger partial charge on any atom is -0.457 e. The molecule has 4 aromatic rings. The highest BCUT2D eigenvalue weighted by atomic mass is 19.1. The number of aromatic nitrogens is 2. The minimum absolute atomic E-state index is 0.166. The van der Waals surface area contributed by atoms with Crippen LogP contribution in [0.25, 0.3) is 11.6 Å². The molecule has 0 spiro atoms. The maximum absolute atomic E-state index is 12.9. The molecule has 0 bridgehead atoms. The summed E-state index contributed by atoms with van der Waals surface area (Å²) in [6.07, 6.45) is 4.80. The number of amides is 1. The van der Waals surface area contributed by atoms with Crippen molar-refractivity contribution in [3.63, 3.8) is 0 Å². The van der Waals surface area contributed by atoms with Crippen LogP contribution in [0.1, 0.15) is 5.56 Å². The van der Waals surface area contributed by atoms with E-state index in [0.29, 0.717) is 28.8 Å². The summed E-state index contributed by atoms with van der Waals surface area (Å²) in [5.74, 6) is 1.09. The Kier molecular flexibility index (Phi) is 5.29. The molecule has 0 aliphatic carbocycles. The molecule has 0 saturated carbocycles. The minimum atomic E-state index is -0.327. The Hall–Kier alpha value is -4.00. The van der Waals surface area contributed by atoms with Gasteiger partial charge in [-0.1, -0.05) is 12.1 Å². The second-order valence-electron chi connectivity index (χ2n) is 6.19. The zero-order valence-corrected chi connectivity index (χ0v) is 15.2. The fourth-order valence-electron chi connectivity index (χ4n) is 2.68. The molecule has 144 valence electrons. The number of hydrogen-bond donors (Lipinski definition) is 1. The van der Waals surface area contributed by atoms with E-state index in [1.807, 2.05) is 0 Å². The summed E-state index contributed by atoms with van der Waals surface area (Å²) >= 11 is 0. The molecule has 0 aliphatic rings. The molecular weight excluding hydrogens is 373 g/mol. The van der Waals surface area contributed by atoms with Gasteiger partial charge in [-0.25, -0.2) is 9.37 Å². The molecule has 0 saturated heterocycles.